The van der Waals surface area contributed by atoms with Crippen molar-refractivity contribution >= 4 is 5.97 Å². The largest absolute Gasteiger partial charge is 0.493 e. The van der Waals surface area contributed by atoms with Crippen LogP contribution in [0.4, 0.5) is 13.2 Å². The van der Waals surface area contributed by atoms with Crippen LogP contribution in [0.5, 0.6) is 5.75 Å². The third-order valence-corrected chi connectivity index (χ3v) is 7.59. The van der Waals surface area contributed by atoms with Crippen molar-refractivity contribution in [3.63, 3.8) is 0 Å². The van der Waals surface area contributed by atoms with E-state index in [-0.39, 0.29) is 12.3 Å². The Bertz CT molecular complexity index is 1520. The molecule has 214 valence electrons. The lowest BCUT2D eigenvalue weighted by Gasteiger charge is -2.26. The molecule has 0 amide bonds. The number of carboxylic acids is 1. The summed E-state index contributed by atoms with van der Waals surface area (Å²) in [6.45, 7) is 5.24. The predicted octanol–water partition coefficient (Wildman–Crippen LogP) is 7.86. The van der Waals surface area contributed by atoms with E-state index in [0.29, 0.717) is 25.3 Å². The number of ether oxygens (including phenoxy) is 1. The molecule has 0 saturated carbocycles. The molecule has 5 nitrogen and oxygen atoms in total. The summed E-state index contributed by atoms with van der Waals surface area (Å²) < 4.78 is 50.5. The zero-order chi connectivity index (χ0) is 29.2. The lowest BCUT2D eigenvalue weighted by atomic mass is 9.83. The van der Waals surface area contributed by atoms with Gasteiger partial charge in [0.25, 0.3) is 0 Å². The van der Waals surface area contributed by atoms with Crippen molar-refractivity contribution in [3.8, 4) is 16.9 Å². The third-order valence-electron chi connectivity index (χ3n) is 7.59. The van der Waals surface area contributed by atoms with Crippen molar-refractivity contribution in [2.75, 3.05) is 6.61 Å². The number of benzene rings is 3. The van der Waals surface area contributed by atoms with E-state index in [0.717, 1.165) is 52.5 Å². The molecule has 0 saturated heterocycles. The average Bonchev–Trinajstić information content (AvgIpc) is 3.43. The summed E-state index contributed by atoms with van der Waals surface area (Å²) in [6.07, 6.45) is -2.72. The first kappa shape index (κ1) is 28.5. The monoisotopic (exact) mass is 563 g/mol. The van der Waals surface area contributed by atoms with E-state index in [1.165, 1.54) is 6.07 Å². The maximum Gasteiger partial charge on any atom is 0.449 e. The van der Waals surface area contributed by atoms with Crippen LogP contribution < -0.4 is 4.74 Å². The van der Waals surface area contributed by atoms with Gasteiger partial charge in [-0.15, -0.1) is 0 Å². The number of nitrogens with zero attached hydrogens (tertiary/aromatic N) is 1. The minimum atomic E-state index is -4.54. The standard InChI is InChI=1S/C33H32F3NO4/c1-32(2,31(38)39)26-8-3-6-24(18-26)23-13-11-22(12-14-23)19-37(21-27-15-16-30(41-27)33(34,35)36)20-25-7-4-10-29-28(25)9-5-17-40-29/h3-4,6-8,10-16,18H,5,9,17,19-21H2,1-2H3,(H,38,39). The molecule has 0 spiro atoms. The maximum absolute atomic E-state index is 13.2. The van der Waals surface area contributed by atoms with Crippen LogP contribution in [0.25, 0.3) is 11.1 Å². The van der Waals surface area contributed by atoms with E-state index < -0.39 is 23.3 Å². The Kier molecular flexibility index (Phi) is 7.95. The van der Waals surface area contributed by atoms with E-state index in [1.807, 2.05) is 66.7 Å². The lowest BCUT2D eigenvalue weighted by Crippen LogP contribution is -2.28. The summed E-state index contributed by atoms with van der Waals surface area (Å²) in [5, 5.41) is 9.62. The van der Waals surface area contributed by atoms with Gasteiger partial charge in [0.05, 0.1) is 18.6 Å². The molecule has 1 aromatic heterocycles. The summed E-state index contributed by atoms with van der Waals surface area (Å²) in [6, 6.07) is 23.7. The number of rotatable bonds is 9. The van der Waals surface area contributed by atoms with Gasteiger partial charge in [-0.2, -0.15) is 13.2 Å². The van der Waals surface area contributed by atoms with Gasteiger partial charge in [0, 0.05) is 13.1 Å². The van der Waals surface area contributed by atoms with Crippen molar-refractivity contribution in [3.05, 3.63) is 113 Å². The first-order valence-electron chi connectivity index (χ1n) is 13.6. The highest BCUT2D eigenvalue weighted by molar-refractivity contribution is 5.81. The second-order valence-electron chi connectivity index (χ2n) is 11.0. The second kappa shape index (κ2) is 11.4. The zero-order valence-corrected chi connectivity index (χ0v) is 23.0. The van der Waals surface area contributed by atoms with Crippen molar-refractivity contribution in [2.45, 2.75) is 57.9 Å². The van der Waals surface area contributed by atoms with Gasteiger partial charge >= 0.3 is 12.1 Å². The molecule has 2 heterocycles. The Balaban J connectivity index is 1.39. The van der Waals surface area contributed by atoms with Gasteiger partial charge in [0.1, 0.15) is 11.5 Å². The molecule has 0 fully saturated rings. The van der Waals surface area contributed by atoms with Gasteiger partial charge in [-0.3, -0.25) is 9.69 Å². The second-order valence-corrected chi connectivity index (χ2v) is 11.0. The summed E-state index contributed by atoms with van der Waals surface area (Å²) in [5.74, 6) is -0.789. The number of alkyl halides is 3. The van der Waals surface area contributed by atoms with Crippen LogP contribution in [0.1, 0.15) is 54.0 Å². The van der Waals surface area contributed by atoms with Crippen LogP contribution in [-0.4, -0.2) is 22.6 Å². The Hall–Kier alpha value is -4.04. The Labute approximate surface area is 237 Å². The van der Waals surface area contributed by atoms with Gasteiger partial charge in [-0.1, -0.05) is 60.7 Å². The fourth-order valence-corrected chi connectivity index (χ4v) is 5.13. The van der Waals surface area contributed by atoms with Crippen molar-refractivity contribution in [1.29, 1.82) is 0 Å². The number of halogens is 3. The third kappa shape index (κ3) is 6.49. The molecule has 0 radical (unpaired) electrons. The topological polar surface area (TPSA) is 62.9 Å². The number of furan rings is 1. The Morgan fingerprint density at radius 1 is 0.902 bits per heavy atom. The first-order valence-corrected chi connectivity index (χ1v) is 13.6. The van der Waals surface area contributed by atoms with Gasteiger partial charge in [0.2, 0.25) is 5.76 Å². The van der Waals surface area contributed by atoms with Crippen LogP contribution in [-0.2, 0) is 42.4 Å². The van der Waals surface area contributed by atoms with Crippen molar-refractivity contribution in [2.24, 2.45) is 0 Å². The molecule has 0 bridgehead atoms. The van der Waals surface area contributed by atoms with Gasteiger partial charge in [-0.05, 0) is 78.3 Å². The molecule has 0 aliphatic carbocycles. The van der Waals surface area contributed by atoms with Crippen molar-refractivity contribution in [1.82, 2.24) is 4.90 Å². The molecule has 0 atom stereocenters. The van der Waals surface area contributed by atoms with Crippen LogP contribution in [0.2, 0.25) is 0 Å². The summed E-state index contributed by atoms with van der Waals surface area (Å²) in [7, 11) is 0. The fraction of sp³-hybridized carbons (Fsp3) is 0.303. The first-order chi connectivity index (χ1) is 19.5. The minimum absolute atomic E-state index is 0.203. The van der Waals surface area contributed by atoms with E-state index in [2.05, 4.69) is 4.90 Å². The quantitative estimate of drug-likeness (QED) is 0.225. The highest BCUT2D eigenvalue weighted by Gasteiger charge is 2.35. The van der Waals surface area contributed by atoms with Gasteiger partial charge < -0.3 is 14.3 Å². The summed E-state index contributed by atoms with van der Waals surface area (Å²) in [4.78, 5) is 13.8. The normalized spacial score (nSPS) is 13.6. The molecule has 41 heavy (non-hydrogen) atoms. The molecular formula is C33H32F3NO4. The Morgan fingerprint density at radius 3 is 2.37 bits per heavy atom. The molecule has 4 aromatic rings. The van der Waals surface area contributed by atoms with Crippen LogP contribution in [0, 0.1) is 0 Å². The van der Waals surface area contributed by atoms with Crippen molar-refractivity contribution < 1.29 is 32.2 Å². The number of carboxylic acid groups (broad SMARTS) is 1. The molecule has 1 aliphatic rings. The molecule has 1 aliphatic heterocycles. The maximum atomic E-state index is 13.2. The average molecular weight is 564 g/mol. The van der Waals surface area contributed by atoms with E-state index in [4.69, 9.17) is 9.15 Å². The fourth-order valence-electron chi connectivity index (χ4n) is 5.13. The molecule has 1 N–H and O–H groups in total. The van der Waals surface area contributed by atoms with Gasteiger partial charge in [-0.25, -0.2) is 0 Å². The van der Waals surface area contributed by atoms with Crippen LogP contribution >= 0.6 is 0 Å². The smallest absolute Gasteiger partial charge is 0.449 e. The highest BCUT2D eigenvalue weighted by Crippen LogP contribution is 2.33. The molecular weight excluding hydrogens is 531 g/mol. The summed E-state index contributed by atoms with van der Waals surface area (Å²) in [5.41, 5.74) is 4.75. The number of carbonyl (C=O) groups is 1. The van der Waals surface area contributed by atoms with E-state index in [9.17, 15) is 23.1 Å². The lowest BCUT2D eigenvalue weighted by molar-refractivity contribution is -0.153. The number of hydrogen-bond acceptors (Lipinski definition) is 4. The SMILES string of the molecule is CC(C)(C(=O)O)c1cccc(-c2ccc(CN(Cc3ccc(C(F)(F)F)o3)Cc3cccc4c3CCCO4)cc2)c1. The minimum Gasteiger partial charge on any atom is -0.493 e. The predicted molar refractivity (Wildman–Crippen MR) is 149 cm³/mol. The zero-order valence-electron chi connectivity index (χ0n) is 23.0. The van der Waals surface area contributed by atoms with Crippen LogP contribution in [0.3, 0.4) is 0 Å². The molecule has 8 heteroatoms. The van der Waals surface area contributed by atoms with Crippen LogP contribution in [0.15, 0.2) is 83.3 Å². The molecule has 3 aromatic carbocycles. The number of hydrogen-bond donors (Lipinski definition) is 1. The highest BCUT2D eigenvalue weighted by atomic mass is 19.4. The number of aliphatic carboxylic acids is 1. The molecule has 5 rings (SSSR count). The van der Waals surface area contributed by atoms with Gasteiger partial charge in [0.15, 0.2) is 0 Å². The molecule has 0 unspecified atom stereocenters. The van der Waals surface area contributed by atoms with E-state index in [1.54, 1.807) is 13.8 Å². The Morgan fingerprint density at radius 2 is 1.66 bits per heavy atom. The summed E-state index contributed by atoms with van der Waals surface area (Å²) >= 11 is 0. The van der Waals surface area contributed by atoms with E-state index >= 15 is 0 Å². The number of fused-ring (bicyclic) bond motifs is 1.